The first-order chi connectivity index (χ1) is 7.43. The van der Waals surface area contributed by atoms with Crippen molar-refractivity contribution in [1.82, 2.24) is 0 Å². The molecule has 1 heterocycles. The molecule has 0 atom stereocenters. The van der Waals surface area contributed by atoms with E-state index in [1.165, 1.54) is 26.1 Å². The SMILES string of the molecule is Cc1c(CN)sc2ccc(C(C)(C)C)cc12. The van der Waals surface area contributed by atoms with E-state index >= 15 is 0 Å². The van der Waals surface area contributed by atoms with Crippen LogP contribution in [0.15, 0.2) is 18.2 Å². The molecule has 1 aromatic heterocycles. The van der Waals surface area contributed by atoms with Crippen molar-refractivity contribution in [3.8, 4) is 0 Å². The Labute approximate surface area is 101 Å². The van der Waals surface area contributed by atoms with Crippen molar-refractivity contribution < 1.29 is 0 Å². The molecule has 0 bridgehead atoms. The molecule has 0 radical (unpaired) electrons. The highest BCUT2D eigenvalue weighted by Crippen LogP contribution is 2.34. The van der Waals surface area contributed by atoms with Gasteiger partial charge in [-0.25, -0.2) is 0 Å². The lowest BCUT2D eigenvalue weighted by Gasteiger charge is -2.19. The van der Waals surface area contributed by atoms with E-state index in [0.717, 1.165) is 0 Å². The Kier molecular flexibility index (Phi) is 2.81. The first-order valence-corrected chi connectivity index (χ1v) is 6.47. The highest BCUT2D eigenvalue weighted by molar-refractivity contribution is 7.19. The predicted octanol–water partition coefficient (Wildman–Crippen LogP) is 3.97. The average Bonchev–Trinajstić information content (AvgIpc) is 2.54. The van der Waals surface area contributed by atoms with Crippen molar-refractivity contribution in [2.75, 3.05) is 0 Å². The Morgan fingerprint density at radius 3 is 2.50 bits per heavy atom. The van der Waals surface area contributed by atoms with Crippen LogP contribution in [0.4, 0.5) is 0 Å². The lowest BCUT2D eigenvalue weighted by Crippen LogP contribution is -2.10. The second kappa shape index (κ2) is 3.86. The van der Waals surface area contributed by atoms with Crippen LogP contribution in [0.3, 0.4) is 0 Å². The molecule has 1 aromatic carbocycles. The van der Waals surface area contributed by atoms with Gasteiger partial charge in [-0.3, -0.25) is 0 Å². The van der Waals surface area contributed by atoms with Crippen LogP contribution in [0.25, 0.3) is 10.1 Å². The monoisotopic (exact) mass is 233 g/mol. The smallest absolute Gasteiger partial charge is 0.0349 e. The summed E-state index contributed by atoms with van der Waals surface area (Å²) in [6.45, 7) is 9.57. The number of benzene rings is 1. The van der Waals surface area contributed by atoms with Crippen molar-refractivity contribution in [3.05, 3.63) is 34.2 Å². The third kappa shape index (κ3) is 1.87. The highest BCUT2D eigenvalue weighted by Gasteiger charge is 2.15. The zero-order valence-corrected chi connectivity index (χ0v) is 11.2. The van der Waals surface area contributed by atoms with Gasteiger partial charge in [-0.05, 0) is 41.0 Å². The molecule has 0 amide bonds. The summed E-state index contributed by atoms with van der Waals surface area (Å²) < 4.78 is 1.35. The molecule has 16 heavy (non-hydrogen) atoms. The van der Waals surface area contributed by atoms with Gasteiger partial charge >= 0.3 is 0 Å². The van der Waals surface area contributed by atoms with Gasteiger partial charge in [-0.15, -0.1) is 11.3 Å². The second-order valence-corrected chi connectivity index (χ2v) is 6.45. The molecular weight excluding hydrogens is 214 g/mol. The third-order valence-electron chi connectivity index (χ3n) is 3.09. The molecule has 0 fully saturated rings. The lowest BCUT2D eigenvalue weighted by molar-refractivity contribution is 0.591. The van der Waals surface area contributed by atoms with Crippen LogP contribution in [0.1, 0.15) is 36.8 Å². The molecule has 0 aliphatic carbocycles. The maximum atomic E-state index is 5.75. The predicted molar refractivity (Wildman–Crippen MR) is 73.2 cm³/mol. The van der Waals surface area contributed by atoms with Crippen LogP contribution in [-0.2, 0) is 12.0 Å². The normalized spacial score (nSPS) is 12.3. The Hall–Kier alpha value is -0.860. The van der Waals surface area contributed by atoms with E-state index in [0.29, 0.717) is 6.54 Å². The summed E-state index contributed by atoms with van der Waals surface area (Å²) in [4.78, 5) is 1.31. The molecule has 0 aliphatic rings. The van der Waals surface area contributed by atoms with Gasteiger partial charge in [0, 0.05) is 16.1 Å². The fourth-order valence-electron chi connectivity index (χ4n) is 1.93. The van der Waals surface area contributed by atoms with Crippen LogP contribution in [0, 0.1) is 6.92 Å². The molecule has 0 aliphatic heterocycles. The minimum Gasteiger partial charge on any atom is -0.326 e. The van der Waals surface area contributed by atoms with E-state index in [-0.39, 0.29) is 5.41 Å². The number of aryl methyl sites for hydroxylation is 1. The fourth-order valence-corrected chi connectivity index (χ4v) is 3.00. The van der Waals surface area contributed by atoms with E-state index in [1.54, 1.807) is 0 Å². The Balaban J connectivity index is 2.66. The first-order valence-electron chi connectivity index (χ1n) is 5.66. The summed E-state index contributed by atoms with van der Waals surface area (Å²) in [5.74, 6) is 0. The molecule has 1 nitrogen and oxygen atoms in total. The van der Waals surface area contributed by atoms with Crippen molar-refractivity contribution in [3.63, 3.8) is 0 Å². The van der Waals surface area contributed by atoms with Gasteiger partial charge in [0.15, 0.2) is 0 Å². The minimum atomic E-state index is 0.214. The minimum absolute atomic E-state index is 0.214. The topological polar surface area (TPSA) is 26.0 Å². The third-order valence-corrected chi connectivity index (χ3v) is 4.38. The van der Waals surface area contributed by atoms with Gasteiger partial charge in [0.25, 0.3) is 0 Å². The molecule has 2 rings (SSSR count). The van der Waals surface area contributed by atoms with Crippen LogP contribution in [0.5, 0.6) is 0 Å². The number of rotatable bonds is 1. The van der Waals surface area contributed by atoms with E-state index in [2.05, 4.69) is 45.9 Å². The van der Waals surface area contributed by atoms with Crippen LogP contribution in [0.2, 0.25) is 0 Å². The Bertz CT molecular complexity index is 517. The van der Waals surface area contributed by atoms with Gasteiger partial charge in [-0.1, -0.05) is 26.8 Å². The van der Waals surface area contributed by atoms with Crippen molar-refractivity contribution in [1.29, 1.82) is 0 Å². The van der Waals surface area contributed by atoms with E-state index in [1.807, 2.05) is 11.3 Å². The summed E-state index contributed by atoms with van der Waals surface area (Å²) in [5.41, 5.74) is 8.71. The summed E-state index contributed by atoms with van der Waals surface area (Å²) >= 11 is 1.82. The fraction of sp³-hybridized carbons (Fsp3) is 0.429. The second-order valence-electron chi connectivity index (χ2n) is 5.32. The van der Waals surface area contributed by atoms with Crippen molar-refractivity contribution in [2.24, 2.45) is 5.73 Å². The van der Waals surface area contributed by atoms with Gasteiger partial charge in [-0.2, -0.15) is 0 Å². The van der Waals surface area contributed by atoms with Crippen LogP contribution < -0.4 is 5.73 Å². The molecule has 2 aromatic rings. The first kappa shape index (κ1) is 11.6. The van der Waals surface area contributed by atoms with Gasteiger partial charge in [0.1, 0.15) is 0 Å². The zero-order valence-electron chi connectivity index (χ0n) is 10.4. The van der Waals surface area contributed by atoms with Crippen LogP contribution in [-0.4, -0.2) is 0 Å². The van der Waals surface area contributed by atoms with Gasteiger partial charge < -0.3 is 5.73 Å². The highest BCUT2D eigenvalue weighted by atomic mass is 32.1. The quantitative estimate of drug-likeness (QED) is 0.792. The van der Waals surface area contributed by atoms with E-state index in [9.17, 15) is 0 Å². The number of hydrogen-bond acceptors (Lipinski definition) is 2. The largest absolute Gasteiger partial charge is 0.326 e. The molecular formula is C14H19NS. The Morgan fingerprint density at radius 2 is 1.94 bits per heavy atom. The summed E-state index contributed by atoms with van der Waals surface area (Å²) in [6, 6.07) is 6.78. The average molecular weight is 233 g/mol. The zero-order chi connectivity index (χ0) is 11.9. The molecule has 2 N–H and O–H groups in total. The molecule has 0 spiro atoms. The maximum Gasteiger partial charge on any atom is 0.0349 e. The Morgan fingerprint density at radius 1 is 1.25 bits per heavy atom. The number of nitrogens with two attached hydrogens (primary N) is 1. The summed E-state index contributed by atoms with van der Waals surface area (Å²) in [6.07, 6.45) is 0. The standard InChI is InChI=1S/C14H19NS/c1-9-11-7-10(14(2,3)4)5-6-12(11)16-13(9)8-15/h5-7H,8,15H2,1-4H3. The molecule has 86 valence electrons. The summed E-state index contributed by atoms with van der Waals surface area (Å²) in [5, 5.41) is 1.37. The molecule has 0 saturated heterocycles. The van der Waals surface area contributed by atoms with Crippen molar-refractivity contribution in [2.45, 2.75) is 39.7 Å². The van der Waals surface area contributed by atoms with Gasteiger partial charge in [0.2, 0.25) is 0 Å². The van der Waals surface area contributed by atoms with Crippen molar-refractivity contribution >= 4 is 21.4 Å². The van der Waals surface area contributed by atoms with E-state index < -0.39 is 0 Å². The van der Waals surface area contributed by atoms with E-state index in [4.69, 9.17) is 5.73 Å². The lowest BCUT2D eigenvalue weighted by atomic mass is 9.86. The molecule has 2 heteroatoms. The number of thiophene rings is 1. The molecule has 0 saturated carbocycles. The molecule has 0 unspecified atom stereocenters. The number of fused-ring (bicyclic) bond motifs is 1. The summed E-state index contributed by atoms with van der Waals surface area (Å²) in [7, 11) is 0. The maximum absolute atomic E-state index is 5.75. The number of hydrogen-bond donors (Lipinski definition) is 1. The van der Waals surface area contributed by atoms with Crippen LogP contribution >= 0.6 is 11.3 Å². The van der Waals surface area contributed by atoms with Gasteiger partial charge in [0.05, 0.1) is 0 Å².